The van der Waals surface area contributed by atoms with Crippen molar-refractivity contribution < 1.29 is 9.13 Å². The summed E-state index contributed by atoms with van der Waals surface area (Å²) in [6.45, 7) is 0.405. The molecule has 94 valence electrons. The number of benzene rings is 2. The van der Waals surface area contributed by atoms with Crippen LogP contribution in [0.4, 0.5) is 4.39 Å². The van der Waals surface area contributed by atoms with E-state index in [1.807, 2.05) is 6.07 Å². The molecule has 0 fully saturated rings. The average molecular weight is 286 g/mol. The molecule has 0 aliphatic carbocycles. The molecule has 0 aromatic heterocycles. The summed E-state index contributed by atoms with van der Waals surface area (Å²) in [4.78, 5) is 0. The molecule has 18 heavy (non-hydrogen) atoms. The largest absolute Gasteiger partial charge is 0.456 e. The number of nitrogens with two attached hydrogens (primary N) is 1. The van der Waals surface area contributed by atoms with Crippen LogP contribution in [0.25, 0.3) is 0 Å². The Morgan fingerprint density at radius 2 is 1.83 bits per heavy atom. The van der Waals surface area contributed by atoms with Gasteiger partial charge in [0.05, 0.1) is 10.0 Å². The van der Waals surface area contributed by atoms with Crippen LogP contribution in [0.5, 0.6) is 11.5 Å². The second kappa shape index (κ2) is 5.57. The molecule has 2 aromatic rings. The highest BCUT2D eigenvalue weighted by Crippen LogP contribution is 2.31. The van der Waals surface area contributed by atoms with Gasteiger partial charge in [-0.2, -0.15) is 0 Å². The second-order valence-corrected chi connectivity index (χ2v) is 4.46. The van der Waals surface area contributed by atoms with Crippen molar-refractivity contribution in [3.05, 3.63) is 57.8 Å². The van der Waals surface area contributed by atoms with E-state index in [2.05, 4.69) is 0 Å². The third kappa shape index (κ3) is 2.93. The smallest absolute Gasteiger partial charge is 0.146 e. The highest BCUT2D eigenvalue weighted by atomic mass is 35.5. The molecule has 0 radical (unpaired) electrons. The van der Waals surface area contributed by atoms with Crippen LogP contribution < -0.4 is 10.5 Å². The summed E-state index contributed by atoms with van der Waals surface area (Å²) in [5, 5.41) is 0.445. The van der Waals surface area contributed by atoms with Crippen LogP contribution in [0.1, 0.15) is 5.56 Å². The molecule has 0 heterocycles. The van der Waals surface area contributed by atoms with Crippen LogP contribution in [0.3, 0.4) is 0 Å². The van der Waals surface area contributed by atoms with E-state index in [9.17, 15) is 4.39 Å². The van der Waals surface area contributed by atoms with Gasteiger partial charge in [-0.1, -0.05) is 29.3 Å². The molecule has 0 atom stereocenters. The summed E-state index contributed by atoms with van der Waals surface area (Å²) in [5.41, 5.74) is 6.41. The summed E-state index contributed by atoms with van der Waals surface area (Å²) in [7, 11) is 0. The Hall–Kier alpha value is -1.29. The molecule has 0 unspecified atom stereocenters. The molecule has 0 saturated heterocycles. The highest BCUT2D eigenvalue weighted by Gasteiger charge is 2.06. The molecule has 0 spiro atoms. The van der Waals surface area contributed by atoms with Gasteiger partial charge in [-0.05, 0) is 29.8 Å². The van der Waals surface area contributed by atoms with E-state index in [1.54, 1.807) is 12.1 Å². The van der Waals surface area contributed by atoms with Gasteiger partial charge < -0.3 is 10.5 Å². The molecule has 0 amide bonds. The van der Waals surface area contributed by atoms with Gasteiger partial charge in [-0.25, -0.2) is 4.39 Å². The number of halogens is 3. The van der Waals surface area contributed by atoms with E-state index in [1.165, 1.54) is 18.2 Å². The fraction of sp³-hybridized carbons (Fsp3) is 0.0769. The number of hydrogen-bond acceptors (Lipinski definition) is 2. The molecule has 0 saturated carbocycles. The number of ether oxygens (including phenoxy) is 1. The normalized spacial score (nSPS) is 10.4. The average Bonchev–Trinajstić information content (AvgIpc) is 2.36. The molecular weight excluding hydrogens is 276 g/mol. The maximum atomic E-state index is 13.0. The molecule has 0 aliphatic heterocycles. The van der Waals surface area contributed by atoms with E-state index in [4.69, 9.17) is 33.7 Å². The van der Waals surface area contributed by atoms with Crippen molar-refractivity contribution >= 4 is 23.2 Å². The monoisotopic (exact) mass is 285 g/mol. The Bertz CT molecular complexity index is 575. The Morgan fingerprint density at radius 1 is 1.06 bits per heavy atom. The van der Waals surface area contributed by atoms with Crippen LogP contribution in [0.2, 0.25) is 10.0 Å². The van der Waals surface area contributed by atoms with Gasteiger partial charge in [0.15, 0.2) is 0 Å². The fourth-order valence-electron chi connectivity index (χ4n) is 1.42. The van der Waals surface area contributed by atoms with Crippen molar-refractivity contribution in [3.63, 3.8) is 0 Å². The van der Waals surface area contributed by atoms with Crippen molar-refractivity contribution in [2.24, 2.45) is 5.73 Å². The zero-order valence-electron chi connectivity index (χ0n) is 9.29. The quantitative estimate of drug-likeness (QED) is 0.908. The zero-order chi connectivity index (χ0) is 13.1. The molecule has 5 heteroatoms. The zero-order valence-corrected chi connectivity index (χ0v) is 10.8. The van der Waals surface area contributed by atoms with Gasteiger partial charge in [-0.3, -0.25) is 0 Å². The summed E-state index contributed by atoms with van der Waals surface area (Å²) in [5.74, 6) is 0.397. The predicted molar refractivity (Wildman–Crippen MR) is 70.8 cm³/mol. The molecule has 2 N–H and O–H groups in total. The summed E-state index contributed by atoms with van der Waals surface area (Å²) >= 11 is 11.7. The van der Waals surface area contributed by atoms with Crippen LogP contribution in [0, 0.1) is 5.82 Å². The van der Waals surface area contributed by atoms with Gasteiger partial charge in [0.25, 0.3) is 0 Å². The minimum atomic E-state index is -0.492. The first-order valence-electron chi connectivity index (χ1n) is 5.21. The first-order chi connectivity index (χ1) is 8.60. The lowest BCUT2D eigenvalue weighted by molar-refractivity contribution is 0.480. The van der Waals surface area contributed by atoms with Crippen molar-refractivity contribution in [1.29, 1.82) is 0 Å². The third-order valence-corrected chi connectivity index (χ3v) is 2.94. The van der Waals surface area contributed by atoms with E-state index in [0.29, 0.717) is 23.1 Å². The number of rotatable bonds is 3. The summed E-state index contributed by atoms with van der Waals surface area (Å²) < 4.78 is 18.5. The predicted octanol–water partition coefficient (Wildman–Crippen LogP) is 4.38. The Labute approximate surface area is 114 Å². The van der Waals surface area contributed by atoms with E-state index in [0.717, 1.165) is 5.56 Å². The molecular formula is C13H10Cl2FNO. The first kappa shape index (κ1) is 13.1. The van der Waals surface area contributed by atoms with E-state index in [-0.39, 0.29) is 5.02 Å². The van der Waals surface area contributed by atoms with Crippen LogP contribution in [0.15, 0.2) is 36.4 Å². The van der Waals surface area contributed by atoms with Gasteiger partial charge in [-0.15, -0.1) is 0 Å². The van der Waals surface area contributed by atoms with Gasteiger partial charge in [0.1, 0.15) is 17.3 Å². The van der Waals surface area contributed by atoms with Crippen LogP contribution in [-0.4, -0.2) is 0 Å². The lowest BCUT2D eigenvalue weighted by atomic mass is 10.2. The lowest BCUT2D eigenvalue weighted by Crippen LogP contribution is -1.96. The molecule has 0 aliphatic rings. The highest BCUT2D eigenvalue weighted by molar-refractivity contribution is 6.32. The minimum absolute atomic E-state index is 0.00204. The molecule has 2 nitrogen and oxygen atoms in total. The summed E-state index contributed by atoms with van der Waals surface area (Å²) in [6.07, 6.45) is 0. The van der Waals surface area contributed by atoms with Gasteiger partial charge >= 0.3 is 0 Å². The topological polar surface area (TPSA) is 35.2 Å². The van der Waals surface area contributed by atoms with Crippen LogP contribution in [-0.2, 0) is 6.54 Å². The number of hydrogen-bond donors (Lipinski definition) is 1. The Balaban J connectivity index is 2.25. The first-order valence-corrected chi connectivity index (χ1v) is 5.97. The minimum Gasteiger partial charge on any atom is -0.456 e. The molecule has 0 bridgehead atoms. The van der Waals surface area contributed by atoms with Gasteiger partial charge in [0.2, 0.25) is 0 Å². The maximum absolute atomic E-state index is 13.0. The standard InChI is InChI=1S/C13H10Cl2FNO/c14-10-6-9(2-3-12(10)16)18-13-4-1-8(7-17)5-11(13)15/h1-6H,7,17H2. The van der Waals surface area contributed by atoms with Crippen molar-refractivity contribution in [1.82, 2.24) is 0 Å². The second-order valence-electron chi connectivity index (χ2n) is 3.65. The fourth-order valence-corrected chi connectivity index (χ4v) is 1.83. The Kier molecular flexibility index (Phi) is 4.07. The van der Waals surface area contributed by atoms with E-state index >= 15 is 0 Å². The van der Waals surface area contributed by atoms with Crippen molar-refractivity contribution in [2.45, 2.75) is 6.54 Å². The lowest BCUT2D eigenvalue weighted by Gasteiger charge is -2.09. The van der Waals surface area contributed by atoms with Gasteiger partial charge in [0, 0.05) is 12.6 Å². The van der Waals surface area contributed by atoms with Crippen LogP contribution >= 0.6 is 23.2 Å². The Morgan fingerprint density at radius 3 is 2.44 bits per heavy atom. The van der Waals surface area contributed by atoms with Crippen molar-refractivity contribution in [2.75, 3.05) is 0 Å². The van der Waals surface area contributed by atoms with Crippen molar-refractivity contribution in [3.8, 4) is 11.5 Å². The third-order valence-electron chi connectivity index (χ3n) is 2.35. The SMILES string of the molecule is NCc1ccc(Oc2ccc(F)c(Cl)c2)c(Cl)c1. The van der Waals surface area contributed by atoms with E-state index < -0.39 is 5.82 Å². The maximum Gasteiger partial charge on any atom is 0.146 e. The molecule has 2 rings (SSSR count). The summed E-state index contributed by atoms with van der Waals surface area (Å²) in [6, 6.07) is 9.36. The molecule has 2 aromatic carbocycles.